The molecule has 3 amide bonds. The summed E-state index contributed by atoms with van der Waals surface area (Å²) in [6.07, 6.45) is -12.0. The predicted octanol–water partition coefficient (Wildman–Crippen LogP) is 9.77. The highest BCUT2D eigenvalue weighted by atomic mass is 32.2. The summed E-state index contributed by atoms with van der Waals surface area (Å²) in [6.45, 7) is 10.4. The van der Waals surface area contributed by atoms with Gasteiger partial charge in [0.2, 0.25) is 18.7 Å². The average molecular weight is 1580 g/mol. The molecule has 0 radical (unpaired) electrons. The fourth-order valence-electron chi connectivity index (χ4n) is 12.5. The van der Waals surface area contributed by atoms with E-state index in [0.29, 0.717) is 30.4 Å². The number of ether oxygens (including phenoxy) is 3. The Labute approximate surface area is 607 Å². The Morgan fingerprint density at radius 3 is 1.23 bits per heavy atom. The number of hydrogen-bond acceptors (Lipinski definition) is 28. The molecule has 33 nitrogen and oxygen atoms in total. The number of aryl methyl sites for hydroxylation is 1. The molecule has 6 unspecified atom stereocenters. The molecular formula is C64H71F6N12O21P3S. The molecule has 6 saturated heterocycles. The first-order valence-corrected chi connectivity index (χ1v) is 38.9. The molecule has 6 aromatic rings. The van der Waals surface area contributed by atoms with E-state index in [1.54, 1.807) is 95.8 Å². The lowest BCUT2D eigenvalue weighted by Gasteiger charge is -2.32. The molecule has 0 aliphatic carbocycles. The number of amides is 3. The molecule has 0 spiro atoms. The van der Waals surface area contributed by atoms with Gasteiger partial charge in [0, 0.05) is 82.6 Å². The van der Waals surface area contributed by atoms with E-state index in [0.717, 1.165) is 96.3 Å². The summed E-state index contributed by atoms with van der Waals surface area (Å²) in [7, 11) is -12.7. The van der Waals surface area contributed by atoms with E-state index < -0.39 is 169 Å². The summed E-state index contributed by atoms with van der Waals surface area (Å²) >= 11 is 1.67. The summed E-state index contributed by atoms with van der Waals surface area (Å²) in [5, 5.41) is 17.2. The average Bonchev–Trinajstić information content (AvgIpc) is 1.62. The Kier molecular flexibility index (Phi) is 22.1. The molecule has 6 fully saturated rings. The van der Waals surface area contributed by atoms with E-state index in [9.17, 15) is 42.5 Å². The fourth-order valence-corrected chi connectivity index (χ4v) is 18.1. The number of nitrogens with zero attached hydrogens (tertiary/aromatic N) is 6. The zero-order chi connectivity index (χ0) is 76.3. The number of carbonyl (C=O) groups is 3. The van der Waals surface area contributed by atoms with Gasteiger partial charge in [0.1, 0.15) is 35.8 Å². The Balaban J connectivity index is 0.000000142. The van der Waals surface area contributed by atoms with Crippen molar-refractivity contribution in [3.63, 3.8) is 0 Å². The molecule has 576 valence electrons. The minimum Gasteiger partial charge on any atom is -0.385 e. The number of anilines is 6. The number of halogens is 6. The van der Waals surface area contributed by atoms with Gasteiger partial charge in [0.15, 0.2) is 18.3 Å². The quantitative estimate of drug-likeness (QED) is 0.0411. The molecule has 12 heterocycles. The zero-order valence-electron chi connectivity index (χ0n) is 57.4. The van der Waals surface area contributed by atoms with Gasteiger partial charge < -0.3 is 46.1 Å². The normalized spacial score (nSPS) is 28.8. The minimum atomic E-state index is -4.23. The molecular weight excluding hydrogens is 1510 g/mol. The SMILES string of the molecule is CC(C)OP1(=O)OC[C@H]2OC(n3ccc(NC(=O)c4ccc5c(c4)CCCN5)nc3=O)C(F)(F)[C@@H]2O1.CC(C)OP1(=O)OC[C@H]2OC(n3ccc(NC(=O)c4ccc5c(c4)CCN5)nc3=O)C(F)(F)[C@@H]2O1.CC(C)OP1(=O)OC[C@H]2OC(n3ccc(NC(=O)c4ccc5c(c4)NCCS5)nc3=O)C(F)(F)[C@@H]2O1. The van der Waals surface area contributed by atoms with Crippen LogP contribution >= 0.6 is 35.2 Å². The standard InChI is InChI=1S/C22H25F2N4O7P.C21H23F2N4O7PS.C21H23F2N4O7P/c1-12(2)34-36(31)32-11-16-18(35-36)22(23,24)20(33-16)28-9-7-17(27-21(28)30)26-19(29)14-5-6-15-13(10-14)4-3-8-25-15;1-11(2)33-35(30)31-10-14-17(34-35)21(22,23)19(32-14)27-7-5-16(26-20(27)29)25-18(28)12-3-4-15-13(9-12)24-6-8-36-15;1-11(2)33-35(30)31-10-15-17(34-35)21(22,23)19(32-15)27-8-6-16(26-20(27)29)25-18(28)13-3-4-14-12(9-13)5-7-24-14/h5-7,9-10,12,16,18,20,25H,3-4,8,11H2,1-2H3,(H,26,27,29,30);3-5,7,9,11,14,17,19,24H,6,8,10H2,1-2H3,(H,25,26,28,29);3-4,6,8-9,11,15,17,19,24H,5,7,10H2,1-2H3,(H,25,26,28,29)/t16-,18-,20?,36?;14-,17-,19?,35?;15-,17-,19?,35?/m111/s1. The lowest BCUT2D eigenvalue weighted by atomic mass is 10.0. The summed E-state index contributed by atoms with van der Waals surface area (Å²) in [5.74, 6) is -12.2. The Morgan fingerprint density at radius 1 is 0.495 bits per heavy atom. The van der Waals surface area contributed by atoms with E-state index in [1.807, 2.05) is 12.1 Å². The van der Waals surface area contributed by atoms with Crippen molar-refractivity contribution < 1.29 is 109 Å². The van der Waals surface area contributed by atoms with Crippen LogP contribution in [0, 0.1) is 0 Å². The van der Waals surface area contributed by atoms with Gasteiger partial charge in [-0.15, -0.1) is 11.8 Å². The lowest BCUT2D eigenvalue weighted by molar-refractivity contribution is -0.139. The van der Waals surface area contributed by atoms with Crippen molar-refractivity contribution in [2.75, 3.05) is 77.1 Å². The smallest absolute Gasteiger partial charge is 0.385 e. The molecule has 0 bridgehead atoms. The maximum Gasteiger partial charge on any atom is 0.475 e. The summed E-state index contributed by atoms with van der Waals surface area (Å²) < 4.78 is 192. The number of thioether (sulfide) groups is 1. The van der Waals surface area contributed by atoms with Gasteiger partial charge in [0.05, 0.1) is 38.1 Å². The Morgan fingerprint density at radius 2 is 0.850 bits per heavy atom. The molecule has 9 aliphatic rings. The van der Waals surface area contributed by atoms with Gasteiger partial charge >= 0.3 is 58.3 Å². The Bertz CT molecular complexity index is 4580. The molecule has 0 saturated carbocycles. The first-order valence-electron chi connectivity index (χ1n) is 33.6. The van der Waals surface area contributed by atoms with Crippen molar-refractivity contribution in [1.29, 1.82) is 0 Å². The summed E-state index contributed by atoms with van der Waals surface area (Å²) in [6, 6.07) is 19.2. The van der Waals surface area contributed by atoms with Crippen molar-refractivity contribution in [2.24, 2.45) is 0 Å². The molecule has 3 aromatic carbocycles. The number of phosphoric ester groups is 3. The number of phosphoric acid groups is 3. The lowest BCUT2D eigenvalue weighted by Crippen LogP contribution is -2.45. The second-order valence-corrected chi connectivity index (χ2v) is 32.0. The van der Waals surface area contributed by atoms with E-state index in [2.05, 4.69) is 46.9 Å². The van der Waals surface area contributed by atoms with Crippen molar-refractivity contribution in [3.05, 3.63) is 151 Å². The first kappa shape index (κ1) is 77.4. The molecule has 107 heavy (non-hydrogen) atoms. The molecule has 43 heteroatoms. The number of nitrogens with one attached hydrogen (secondary N) is 6. The highest BCUT2D eigenvalue weighted by Crippen LogP contribution is 2.63. The fraction of sp³-hybridized carbons (Fsp3) is 0.484. The van der Waals surface area contributed by atoms with Crippen LogP contribution in [0.1, 0.15) is 109 Å². The van der Waals surface area contributed by atoms with Gasteiger partial charge in [-0.25, -0.2) is 28.1 Å². The minimum absolute atomic E-state index is 0.106. The number of aromatic nitrogens is 6. The van der Waals surface area contributed by atoms with Gasteiger partial charge in [-0.2, -0.15) is 41.3 Å². The molecule has 6 N–H and O–H groups in total. The number of hydrogen-bond donors (Lipinski definition) is 6. The highest BCUT2D eigenvalue weighted by Gasteiger charge is 2.68. The predicted molar refractivity (Wildman–Crippen MR) is 367 cm³/mol. The van der Waals surface area contributed by atoms with E-state index >= 15 is 26.3 Å². The number of carbonyl (C=O) groups excluding carboxylic acids is 3. The maximum atomic E-state index is 15.2. The van der Waals surface area contributed by atoms with Crippen LogP contribution in [0.5, 0.6) is 0 Å². The number of benzene rings is 3. The van der Waals surface area contributed by atoms with Crippen LogP contribution in [0.25, 0.3) is 0 Å². The van der Waals surface area contributed by atoms with Crippen molar-refractivity contribution in [1.82, 2.24) is 28.7 Å². The second kappa shape index (κ2) is 30.6. The van der Waals surface area contributed by atoms with Crippen molar-refractivity contribution in [2.45, 2.75) is 157 Å². The van der Waals surface area contributed by atoms with E-state index in [4.69, 9.17) is 54.9 Å². The summed E-state index contributed by atoms with van der Waals surface area (Å²) in [5.41, 5.74) is 2.63. The summed E-state index contributed by atoms with van der Waals surface area (Å²) in [4.78, 5) is 87.9. The topological polar surface area (TPSA) is 390 Å². The van der Waals surface area contributed by atoms with Crippen LogP contribution in [0.15, 0.2) is 111 Å². The van der Waals surface area contributed by atoms with Crippen LogP contribution in [-0.2, 0) is 81.5 Å². The van der Waals surface area contributed by atoms with Gasteiger partial charge in [-0.05, 0) is 145 Å². The monoisotopic (exact) mass is 1580 g/mol. The van der Waals surface area contributed by atoms with Gasteiger partial charge in [-0.1, -0.05) is 0 Å². The maximum absolute atomic E-state index is 15.2. The third-order valence-electron chi connectivity index (χ3n) is 17.3. The third kappa shape index (κ3) is 16.6. The van der Waals surface area contributed by atoms with Crippen LogP contribution in [-0.4, -0.2) is 164 Å². The number of alkyl halides is 6. The zero-order valence-corrected chi connectivity index (χ0v) is 60.9. The largest absolute Gasteiger partial charge is 0.475 e. The van der Waals surface area contributed by atoms with Crippen LogP contribution < -0.4 is 49.0 Å². The molecule has 15 rings (SSSR count). The van der Waals surface area contributed by atoms with Crippen LogP contribution in [0.3, 0.4) is 0 Å². The third-order valence-corrected chi connectivity index (χ3v) is 23.2. The molecule has 3 aromatic heterocycles. The second-order valence-electron chi connectivity index (χ2n) is 26.2. The highest BCUT2D eigenvalue weighted by molar-refractivity contribution is 7.99. The van der Waals surface area contributed by atoms with Crippen LogP contribution in [0.4, 0.5) is 60.9 Å². The van der Waals surface area contributed by atoms with Crippen molar-refractivity contribution in [3.8, 4) is 0 Å². The van der Waals surface area contributed by atoms with Crippen molar-refractivity contribution >= 4 is 87.5 Å². The first-order chi connectivity index (χ1) is 50.7. The van der Waals surface area contributed by atoms with Gasteiger partial charge in [-0.3, -0.25) is 68.8 Å². The van der Waals surface area contributed by atoms with E-state index in [-0.39, 0.29) is 17.5 Å². The molecule has 9 aliphatic heterocycles. The number of rotatable bonds is 15. The molecule has 12 atom stereocenters. The van der Waals surface area contributed by atoms with Crippen LogP contribution in [0.2, 0.25) is 0 Å². The van der Waals surface area contributed by atoms with E-state index in [1.165, 1.54) is 18.2 Å². The van der Waals surface area contributed by atoms with Gasteiger partial charge in [0.25, 0.3) is 17.7 Å². The Hall–Kier alpha value is -7.75. The number of fused-ring (bicyclic) bond motifs is 6.